The van der Waals surface area contributed by atoms with Gasteiger partial charge in [-0.25, -0.2) is 8.42 Å². The summed E-state index contributed by atoms with van der Waals surface area (Å²) < 4.78 is 38.8. The molecule has 3 aromatic rings. The van der Waals surface area contributed by atoms with Crippen LogP contribution >= 0.6 is 0 Å². The Bertz CT molecular complexity index is 1110. The molecule has 156 valence electrons. The minimum Gasteiger partial charge on any atom is -0.496 e. The number of amides is 1. The van der Waals surface area contributed by atoms with E-state index < -0.39 is 15.9 Å². The van der Waals surface area contributed by atoms with Crippen molar-refractivity contribution in [3.63, 3.8) is 0 Å². The highest BCUT2D eigenvalue weighted by atomic mass is 32.2. The lowest BCUT2D eigenvalue weighted by Gasteiger charge is -2.12. The van der Waals surface area contributed by atoms with Crippen LogP contribution in [0.15, 0.2) is 77.7 Å². The maximum Gasteiger partial charge on any atom is 0.261 e. The molecule has 1 amide bonds. The molecule has 2 N–H and O–H groups in total. The van der Waals surface area contributed by atoms with Crippen molar-refractivity contribution in [3.8, 4) is 11.5 Å². The fourth-order valence-corrected chi connectivity index (χ4v) is 3.82. The zero-order valence-electron chi connectivity index (χ0n) is 16.6. The number of sulfonamides is 1. The van der Waals surface area contributed by atoms with Gasteiger partial charge in [0.15, 0.2) is 0 Å². The van der Waals surface area contributed by atoms with E-state index >= 15 is 0 Å². The van der Waals surface area contributed by atoms with Gasteiger partial charge in [-0.3, -0.25) is 9.52 Å². The van der Waals surface area contributed by atoms with Crippen molar-refractivity contribution in [3.05, 3.63) is 83.9 Å². The molecular weight excluding hydrogens is 404 g/mol. The minimum absolute atomic E-state index is 0.0497. The van der Waals surface area contributed by atoms with Crippen molar-refractivity contribution in [2.75, 3.05) is 18.9 Å². The number of ether oxygens (including phenoxy) is 2. The Kier molecular flexibility index (Phi) is 6.58. The van der Waals surface area contributed by atoms with Crippen LogP contribution in [0.4, 0.5) is 5.69 Å². The van der Waals surface area contributed by atoms with Crippen molar-refractivity contribution >= 4 is 21.6 Å². The average Bonchev–Trinajstić information content (AvgIpc) is 2.78. The van der Waals surface area contributed by atoms with E-state index in [1.165, 1.54) is 32.4 Å². The van der Waals surface area contributed by atoms with E-state index in [1.807, 2.05) is 30.3 Å². The van der Waals surface area contributed by atoms with E-state index in [-0.39, 0.29) is 16.2 Å². The maximum absolute atomic E-state index is 12.7. The molecule has 0 bridgehead atoms. The van der Waals surface area contributed by atoms with Gasteiger partial charge in [0.25, 0.3) is 15.9 Å². The smallest absolute Gasteiger partial charge is 0.261 e. The summed E-state index contributed by atoms with van der Waals surface area (Å²) in [4.78, 5) is 12.0. The topological polar surface area (TPSA) is 93.7 Å². The molecule has 0 heterocycles. The molecule has 30 heavy (non-hydrogen) atoms. The Morgan fingerprint density at radius 2 is 1.67 bits per heavy atom. The lowest BCUT2D eigenvalue weighted by molar-refractivity contribution is 0.0960. The summed E-state index contributed by atoms with van der Waals surface area (Å²) in [7, 11) is -1.02. The Labute approximate surface area is 175 Å². The lowest BCUT2D eigenvalue weighted by atomic mass is 10.2. The summed E-state index contributed by atoms with van der Waals surface area (Å²) in [5.74, 6) is 0.463. The number of nitrogens with one attached hydrogen (secondary N) is 2. The van der Waals surface area contributed by atoms with E-state index in [0.717, 1.165) is 5.56 Å². The first kappa shape index (κ1) is 21.2. The van der Waals surface area contributed by atoms with Crippen LogP contribution in [-0.2, 0) is 16.6 Å². The van der Waals surface area contributed by atoms with E-state index in [0.29, 0.717) is 18.0 Å². The minimum atomic E-state index is -3.90. The first-order valence-corrected chi connectivity index (χ1v) is 10.6. The van der Waals surface area contributed by atoms with Crippen molar-refractivity contribution in [2.45, 2.75) is 11.5 Å². The third kappa shape index (κ3) is 5.09. The quantitative estimate of drug-likeness (QED) is 0.576. The third-order valence-corrected chi connectivity index (χ3v) is 5.69. The summed E-state index contributed by atoms with van der Waals surface area (Å²) in [6.07, 6.45) is 0. The van der Waals surface area contributed by atoms with Crippen LogP contribution < -0.4 is 19.5 Å². The molecular formula is C22H22N2O5S. The van der Waals surface area contributed by atoms with E-state index in [1.54, 1.807) is 24.3 Å². The molecule has 0 aromatic heterocycles. The molecule has 0 aliphatic heterocycles. The number of methoxy groups -OCH3 is 1. The van der Waals surface area contributed by atoms with Crippen LogP contribution in [0.3, 0.4) is 0 Å². The number of rotatable bonds is 8. The number of anilines is 1. The van der Waals surface area contributed by atoms with Gasteiger partial charge < -0.3 is 14.8 Å². The van der Waals surface area contributed by atoms with Gasteiger partial charge in [-0.05, 0) is 48.0 Å². The predicted molar refractivity (Wildman–Crippen MR) is 114 cm³/mol. The normalized spacial score (nSPS) is 10.9. The fourth-order valence-electron chi connectivity index (χ4n) is 2.74. The first-order chi connectivity index (χ1) is 14.4. The lowest BCUT2D eigenvalue weighted by Crippen LogP contribution is -2.20. The van der Waals surface area contributed by atoms with Gasteiger partial charge in [-0.1, -0.05) is 30.3 Å². The van der Waals surface area contributed by atoms with Crippen molar-refractivity contribution in [1.82, 2.24) is 5.32 Å². The number of hydrogen-bond acceptors (Lipinski definition) is 5. The molecule has 0 fully saturated rings. The van der Waals surface area contributed by atoms with E-state index in [4.69, 9.17) is 9.47 Å². The molecule has 7 nitrogen and oxygen atoms in total. The number of hydrogen-bond donors (Lipinski definition) is 2. The molecule has 0 spiro atoms. The number of carbonyl (C=O) groups is 1. The highest BCUT2D eigenvalue weighted by Crippen LogP contribution is 2.25. The second-order valence-corrected chi connectivity index (χ2v) is 8.03. The van der Waals surface area contributed by atoms with Gasteiger partial charge in [0.1, 0.15) is 18.1 Å². The second-order valence-electron chi connectivity index (χ2n) is 6.35. The molecule has 3 rings (SSSR count). The van der Waals surface area contributed by atoms with E-state index in [2.05, 4.69) is 10.0 Å². The largest absolute Gasteiger partial charge is 0.496 e. The number of benzene rings is 3. The van der Waals surface area contributed by atoms with Crippen LogP contribution in [0, 0.1) is 0 Å². The fraction of sp³-hybridized carbons (Fsp3) is 0.136. The Balaban J connectivity index is 1.73. The van der Waals surface area contributed by atoms with Gasteiger partial charge in [0.2, 0.25) is 0 Å². The Morgan fingerprint density at radius 1 is 0.967 bits per heavy atom. The molecule has 0 aliphatic carbocycles. The Hall–Kier alpha value is -3.52. The van der Waals surface area contributed by atoms with Gasteiger partial charge in [-0.15, -0.1) is 0 Å². The SMILES string of the molecule is CNC(=O)c1cc(S(=O)(=O)Nc2ccc(OCc3ccccc3)cc2)ccc1OC. The first-order valence-electron chi connectivity index (χ1n) is 9.12. The van der Waals surface area contributed by atoms with Crippen molar-refractivity contribution in [1.29, 1.82) is 0 Å². The standard InChI is InChI=1S/C22H22N2O5S/c1-23-22(25)20-14-19(12-13-21(20)28-2)30(26,27)24-17-8-10-18(11-9-17)29-15-16-6-4-3-5-7-16/h3-14,24H,15H2,1-2H3,(H,23,25). The highest BCUT2D eigenvalue weighted by Gasteiger charge is 2.19. The average molecular weight is 426 g/mol. The van der Waals surface area contributed by atoms with Crippen LogP contribution in [0.25, 0.3) is 0 Å². The van der Waals surface area contributed by atoms with Crippen LogP contribution in [0.5, 0.6) is 11.5 Å². The summed E-state index contributed by atoms with van der Waals surface area (Å²) in [6, 6.07) is 20.4. The molecule has 0 atom stereocenters. The highest BCUT2D eigenvalue weighted by molar-refractivity contribution is 7.92. The molecule has 8 heteroatoms. The molecule has 0 unspecified atom stereocenters. The van der Waals surface area contributed by atoms with Gasteiger partial charge >= 0.3 is 0 Å². The maximum atomic E-state index is 12.7. The molecule has 0 saturated carbocycles. The Morgan fingerprint density at radius 3 is 2.30 bits per heavy atom. The molecule has 0 radical (unpaired) electrons. The third-order valence-electron chi connectivity index (χ3n) is 4.31. The monoisotopic (exact) mass is 426 g/mol. The van der Waals surface area contributed by atoms with Gasteiger partial charge in [0.05, 0.1) is 17.6 Å². The van der Waals surface area contributed by atoms with Crippen molar-refractivity contribution in [2.24, 2.45) is 0 Å². The molecule has 3 aromatic carbocycles. The van der Waals surface area contributed by atoms with Crippen LogP contribution in [-0.4, -0.2) is 28.5 Å². The van der Waals surface area contributed by atoms with Crippen molar-refractivity contribution < 1.29 is 22.7 Å². The van der Waals surface area contributed by atoms with E-state index in [9.17, 15) is 13.2 Å². The summed E-state index contributed by atoms with van der Waals surface area (Å²) in [5.41, 5.74) is 1.54. The van der Waals surface area contributed by atoms with Gasteiger partial charge in [0, 0.05) is 12.7 Å². The predicted octanol–water partition coefficient (Wildman–Crippen LogP) is 3.43. The van der Waals surface area contributed by atoms with Crippen LogP contribution in [0.2, 0.25) is 0 Å². The van der Waals surface area contributed by atoms with Crippen LogP contribution in [0.1, 0.15) is 15.9 Å². The summed E-state index contributed by atoms with van der Waals surface area (Å²) in [6.45, 7) is 0.417. The summed E-state index contributed by atoms with van der Waals surface area (Å²) in [5, 5.41) is 2.47. The molecule has 0 aliphatic rings. The molecule has 0 saturated heterocycles. The number of carbonyl (C=O) groups excluding carboxylic acids is 1. The zero-order valence-corrected chi connectivity index (χ0v) is 17.4. The zero-order chi connectivity index (χ0) is 21.6. The van der Waals surface area contributed by atoms with Gasteiger partial charge in [-0.2, -0.15) is 0 Å². The summed E-state index contributed by atoms with van der Waals surface area (Å²) >= 11 is 0. The second kappa shape index (κ2) is 9.32.